The highest BCUT2D eigenvalue weighted by Gasteiger charge is 2.26. The molecule has 160 valence electrons. The largest absolute Gasteiger partial charge is 0.368 e. The Hall–Kier alpha value is -2.57. The quantitative estimate of drug-likeness (QED) is 0.736. The molecule has 1 N–H and O–H groups in total. The first-order valence-corrected chi connectivity index (χ1v) is 10.7. The number of hydrogen-bond acceptors (Lipinski definition) is 4. The molecule has 3 rings (SSSR count). The third-order valence-corrected chi connectivity index (χ3v) is 5.76. The van der Waals surface area contributed by atoms with Gasteiger partial charge in [0, 0.05) is 36.9 Å². The molecule has 2 aromatic rings. The predicted octanol–water partition coefficient (Wildman–Crippen LogP) is 2.80. The van der Waals surface area contributed by atoms with Crippen LogP contribution in [0, 0.1) is 0 Å². The molecule has 1 fully saturated rings. The number of hydrogen-bond donors (Lipinski definition) is 1. The lowest BCUT2D eigenvalue weighted by Crippen LogP contribution is -2.52. The summed E-state index contributed by atoms with van der Waals surface area (Å²) in [7, 11) is 1.91. The maximum atomic E-state index is 12.9. The van der Waals surface area contributed by atoms with Gasteiger partial charge in [0.1, 0.15) is 6.04 Å². The molecule has 6 nitrogen and oxygen atoms in total. The summed E-state index contributed by atoms with van der Waals surface area (Å²) in [5, 5.41) is 3.55. The standard InChI is InChI=1S/C23H29ClN4O2/c1-3-26(2)22(18-8-5-4-6-9-18)23(30)25-17-21(29)28-14-12-27(13-15-28)20-11-7-10-19(24)16-20/h4-11,16,22H,3,12-15,17H2,1-2H3,(H,25,30). The molecule has 1 atom stereocenters. The topological polar surface area (TPSA) is 55.9 Å². The van der Waals surface area contributed by atoms with E-state index in [1.165, 1.54) is 0 Å². The average molecular weight is 429 g/mol. The zero-order chi connectivity index (χ0) is 21.5. The Morgan fingerprint density at radius 2 is 1.77 bits per heavy atom. The van der Waals surface area contributed by atoms with E-state index in [1.54, 1.807) is 0 Å². The van der Waals surface area contributed by atoms with Crippen molar-refractivity contribution in [2.75, 3.05) is 51.2 Å². The molecule has 0 aliphatic carbocycles. The summed E-state index contributed by atoms with van der Waals surface area (Å²) in [6, 6.07) is 17.0. The van der Waals surface area contributed by atoms with Crippen molar-refractivity contribution < 1.29 is 9.59 Å². The average Bonchev–Trinajstić information content (AvgIpc) is 2.78. The van der Waals surface area contributed by atoms with Gasteiger partial charge in [0.25, 0.3) is 0 Å². The molecule has 2 amide bonds. The SMILES string of the molecule is CCN(C)C(C(=O)NCC(=O)N1CCN(c2cccc(Cl)c2)CC1)c1ccccc1. The van der Waals surface area contributed by atoms with Crippen molar-refractivity contribution in [2.24, 2.45) is 0 Å². The van der Waals surface area contributed by atoms with Crippen LogP contribution in [0.1, 0.15) is 18.5 Å². The van der Waals surface area contributed by atoms with E-state index in [9.17, 15) is 9.59 Å². The molecule has 0 aromatic heterocycles. The smallest absolute Gasteiger partial charge is 0.242 e. The second-order valence-electron chi connectivity index (χ2n) is 7.45. The lowest BCUT2D eigenvalue weighted by atomic mass is 10.0. The first kappa shape index (κ1) is 22.1. The molecule has 0 spiro atoms. The van der Waals surface area contributed by atoms with Gasteiger partial charge in [-0.15, -0.1) is 0 Å². The van der Waals surface area contributed by atoms with Gasteiger partial charge in [0.05, 0.1) is 6.54 Å². The van der Waals surface area contributed by atoms with Crippen LogP contribution in [0.25, 0.3) is 0 Å². The van der Waals surface area contributed by atoms with E-state index in [-0.39, 0.29) is 18.4 Å². The van der Waals surface area contributed by atoms with E-state index in [0.717, 1.165) is 30.9 Å². The lowest BCUT2D eigenvalue weighted by molar-refractivity contribution is -0.134. The summed E-state index contributed by atoms with van der Waals surface area (Å²) < 4.78 is 0. The van der Waals surface area contributed by atoms with Gasteiger partial charge in [-0.2, -0.15) is 0 Å². The molecular formula is C23H29ClN4O2. The zero-order valence-corrected chi connectivity index (χ0v) is 18.3. The Bertz CT molecular complexity index is 853. The highest BCUT2D eigenvalue weighted by atomic mass is 35.5. The number of carbonyl (C=O) groups is 2. The van der Waals surface area contributed by atoms with Crippen LogP contribution < -0.4 is 10.2 Å². The van der Waals surface area contributed by atoms with Crippen molar-refractivity contribution in [2.45, 2.75) is 13.0 Å². The van der Waals surface area contributed by atoms with E-state index < -0.39 is 6.04 Å². The molecule has 2 aromatic carbocycles. The Kier molecular flexibility index (Phi) is 7.71. The Labute approximate surface area is 183 Å². The maximum absolute atomic E-state index is 12.9. The van der Waals surface area contributed by atoms with Crippen molar-refractivity contribution in [1.29, 1.82) is 0 Å². The summed E-state index contributed by atoms with van der Waals surface area (Å²) in [5.41, 5.74) is 1.98. The van der Waals surface area contributed by atoms with Gasteiger partial charge in [0.15, 0.2) is 0 Å². The van der Waals surface area contributed by atoms with Crippen LogP contribution in [-0.2, 0) is 9.59 Å². The molecule has 1 unspecified atom stereocenters. The third-order valence-electron chi connectivity index (χ3n) is 5.52. The fraction of sp³-hybridized carbons (Fsp3) is 0.391. The molecule has 1 saturated heterocycles. The van der Waals surface area contributed by atoms with Gasteiger partial charge in [-0.05, 0) is 37.4 Å². The van der Waals surface area contributed by atoms with Gasteiger partial charge in [-0.1, -0.05) is 54.9 Å². The molecule has 7 heteroatoms. The molecule has 0 bridgehead atoms. The fourth-order valence-electron chi connectivity index (χ4n) is 3.68. The number of anilines is 1. The number of halogens is 1. The molecule has 30 heavy (non-hydrogen) atoms. The molecule has 1 heterocycles. The molecule has 1 aliphatic heterocycles. The second kappa shape index (κ2) is 10.5. The number of likely N-dealkylation sites (N-methyl/N-ethyl adjacent to an activating group) is 1. The minimum Gasteiger partial charge on any atom is -0.368 e. The fourth-order valence-corrected chi connectivity index (χ4v) is 3.87. The lowest BCUT2D eigenvalue weighted by Gasteiger charge is -2.36. The number of carbonyl (C=O) groups excluding carboxylic acids is 2. The number of piperazine rings is 1. The van der Waals surface area contributed by atoms with Crippen molar-refractivity contribution in [3.8, 4) is 0 Å². The predicted molar refractivity (Wildman–Crippen MR) is 121 cm³/mol. The van der Waals surface area contributed by atoms with Gasteiger partial charge in [-0.3, -0.25) is 14.5 Å². The van der Waals surface area contributed by atoms with Crippen LogP contribution in [-0.4, -0.2) is 67.9 Å². The Balaban J connectivity index is 1.53. The highest BCUT2D eigenvalue weighted by Crippen LogP contribution is 2.21. The number of amides is 2. The maximum Gasteiger partial charge on any atom is 0.242 e. The Morgan fingerprint density at radius 3 is 2.40 bits per heavy atom. The third kappa shape index (κ3) is 5.52. The number of nitrogens with zero attached hydrogens (tertiary/aromatic N) is 3. The minimum atomic E-state index is -0.413. The Morgan fingerprint density at radius 1 is 1.07 bits per heavy atom. The summed E-state index contributed by atoms with van der Waals surface area (Å²) >= 11 is 6.08. The summed E-state index contributed by atoms with van der Waals surface area (Å²) in [5.74, 6) is -0.212. The summed E-state index contributed by atoms with van der Waals surface area (Å²) in [4.78, 5) is 31.5. The van der Waals surface area contributed by atoms with Crippen molar-refractivity contribution in [1.82, 2.24) is 15.1 Å². The van der Waals surface area contributed by atoms with E-state index in [0.29, 0.717) is 18.1 Å². The van der Waals surface area contributed by atoms with Crippen LogP contribution in [0.3, 0.4) is 0 Å². The van der Waals surface area contributed by atoms with Crippen LogP contribution in [0.4, 0.5) is 5.69 Å². The summed E-state index contributed by atoms with van der Waals surface area (Å²) in [6.07, 6.45) is 0. The first-order valence-electron chi connectivity index (χ1n) is 10.3. The van der Waals surface area contributed by atoms with Crippen molar-refractivity contribution in [3.05, 3.63) is 65.2 Å². The van der Waals surface area contributed by atoms with E-state index >= 15 is 0 Å². The molecule has 1 aliphatic rings. The van der Waals surface area contributed by atoms with Gasteiger partial charge >= 0.3 is 0 Å². The second-order valence-corrected chi connectivity index (χ2v) is 7.89. The first-order chi connectivity index (χ1) is 14.5. The van der Waals surface area contributed by atoms with Crippen molar-refractivity contribution in [3.63, 3.8) is 0 Å². The summed E-state index contributed by atoms with van der Waals surface area (Å²) in [6.45, 7) is 5.48. The monoisotopic (exact) mass is 428 g/mol. The van der Waals surface area contributed by atoms with E-state index in [2.05, 4.69) is 10.2 Å². The minimum absolute atomic E-state index is 0.0108. The van der Waals surface area contributed by atoms with Crippen LogP contribution in [0.2, 0.25) is 5.02 Å². The van der Waals surface area contributed by atoms with Crippen LogP contribution in [0.5, 0.6) is 0 Å². The highest BCUT2D eigenvalue weighted by molar-refractivity contribution is 6.30. The van der Waals surface area contributed by atoms with Crippen molar-refractivity contribution >= 4 is 29.1 Å². The number of nitrogens with one attached hydrogen (secondary N) is 1. The van der Waals surface area contributed by atoms with Gasteiger partial charge < -0.3 is 15.1 Å². The van der Waals surface area contributed by atoms with Gasteiger partial charge in [0.2, 0.25) is 11.8 Å². The molecule has 0 saturated carbocycles. The number of benzene rings is 2. The molecular weight excluding hydrogens is 400 g/mol. The van der Waals surface area contributed by atoms with E-state index in [4.69, 9.17) is 11.6 Å². The molecule has 0 radical (unpaired) electrons. The van der Waals surface area contributed by atoms with Crippen LogP contribution in [0.15, 0.2) is 54.6 Å². The van der Waals surface area contributed by atoms with Gasteiger partial charge in [-0.25, -0.2) is 0 Å². The zero-order valence-electron chi connectivity index (χ0n) is 17.6. The van der Waals surface area contributed by atoms with E-state index in [1.807, 2.05) is 78.4 Å². The van der Waals surface area contributed by atoms with Crippen LogP contribution >= 0.6 is 11.6 Å². The normalized spacial score (nSPS) is 15.2. The number of rotatable bonds is 7.